The molecule has 1 atom stereocenters. The van der Waals surface area contributed by atoms with Gasteiger partial charge in [0.25, 0.3) is 12.0 Å². The Morgan fingerprint density at radius 3 is 2.50 bits per heavy atom. The van der Waals surface area contributed by atoms with Gasteiger partial charge in [-0.05, 0) is 46.8 Å². The van der Waals surface area contributed by atoms with E-state index in [1.165, 1.54) is 12.1 Å². The second kappa shape index (κ2) is 8.90. The number of halogens is 3. The molecule has 4 rings (SSSR count). The second-order valence-electron chi connectivity index (χ2n) is 8.43. The number of likely N-dealkylation sites (tertiary alicyclic amines) is 1. The molecule has 170 valence electrons. The van der Waals surface area contributed by atoms with E-state index >= 15 is 0 Å². The van der Waals surface area contributed by atoms with Crippen LogP contribution in [0.5, 0.6) is 0 Å². The fraction of sp³-hybridized carbons (Fsp3) is 0.435. The lowest BCUT2D eigenvalue weighted by Gasteiger charge is -2.30. The first-order valence-electron chi connectivity index (χ1n) is 10.7. The van der Waals surface area contributed by atoms with Crippen molar-refractivity contribution in [3.63, 3.8) is 0 Å². The summed E-state index contributed by atoms with van der Waals surface area (Å²) in [5.74, 6) is -0.559. The molecule has 3 heterocycles. The third kappa shape index (κ3) is 4.21. The highest BCUT2D eigenvalue weighted by Crippen LogP contribution is 2.31. The number of fused-ring (bicyclic) bond motifs is 1. The predicted molar refractivity (Wildman–Crippen MR) is 118 cm³/mol. The van der Waals surface area contributed by atoms with Crippen LogP contribution in [0.2, 0.25) is 0 Å². The number of anilines is 1. The largest absolute Gasteiger partial charge is 0.361 e. The van der Waals surface area contributed by atoms with Crippen molar-refractivity contribution >= 4 is 16.6 Å². The molecule has 1 saturated heterocycles. The van der Waals surface area contributed by atoms with Crippen LogP contribution in [-0.2, 0) is 0 Å². The van der Waals surface area contributed by atoms with Crippen LogP contribution in [0.4, 0.5) is 19.0 Å². The average molecular weight is 445 g/mol. The summed E-state index contributed by atoms with van der Waals surface area (Å²) in [5.41, 5.74) is -0.0105. The molecule has 0 aliphatic carbocycles. The molecular formula is C23H26F3N5O. The third-order valence-electron chi connectivity index (χ3n) is 6.22. The topological polar surface area (TPSA) is 63.1 Å². The lowest BCUT2D eigenvalue weighted by molar-refractivity contribution is 0.146. The van der Waals surface area contributed by atoms with Gasteiger partial charge < -0.3 is 14.8 Å². The highest BCUT2D eigenvalue weighted by atomic mass is 19.3. The van der Waals surface area contributed by atoms with Crippen LogP contribution in [0.15, 0.2) is 35.3 Å². The molecule has 0 radical (unpaired) electrons. The zero-order valence-corrected chi connectivity index (χ0v) is 18.3. The Labute approximate surface area is 184 Å². The number of nitrogens with zero attached hydrogens (tertiary/aromatic N) is 4. The molecule has 1 aliphatic heterocycles. The molecule has 0 saturated carbocycles. The molecular weight excluding hydrogens is 419 g/mol. The van der Waals surface area contributed by atoms with Crippen LogP contribution in [0.3, 0.4) is 0 Å². The van der Waals surface area contributed by atoms with E-state index in [9.17, 15) is 18.0 Å². The number of pyridine rings is 1. The van der Waals surface area contributed by atoms with E-state index in [0.29, 0.717) is 22.3 Å². The van der Waals surface area contributed by atoms with Crippen LogP contribution in [0.1, 0.15) is 55.1 Å². The number of hydrogen-bond donors (Lipinski definition) is 1. The minimum Gasteiger partial charge on any atom is -0.361 e. The summed E-state index contributed by atoms with van der Waals surface area (Å²) in [5, 5.41) is 12.8. The first kappa shape index (κ1) is 22.3. The quantitative estimate of drug-likeness (QED) is 0.621. The first-order valence-corrected chi connectivity index (χ1v) is 10.7. The lowest BCUT2D eigenvalue weighted by Crippen LogP contribution is -2.35. The molecule has 1 N–H and O–H groups in total. The number of nitrogens with one attached hydrogen (secondary N) is 1. The predicted octanol–water partition coefficient (Wildman–Crippen LogP) is 4.62. The summed E-state index contributed by atoms with van der Waals surface area (Å²) in [7, 11) is 2.06. The standard InChI is InChI=1S/C23H26F3N5O/c1-13(16-5-4-6-17(21(16)24)22(25)26)27-23-19-12-31(15-7-9-30(3)10-8-15)20(32)11-18(19)14(2)28-29-23/h4-6,11-13,15,22H,7-10H2,1-3H3,(H,27,29)/t13-/m1/s1. The molecule has 0 spiro atoms. The monoisotopic (exact) mass is 445 g/mol. The van der Waals surface area contributed by atoms with Crippen molar-refractivity contribution in [2.24, 2.45) is 0 Å². The number of benzene rings is 1. The van der Waals surface area contributed by atoms with Gasteiger partial charge in [-0.15, -0.1) is 5.10 Å². The summed E-state index contributed by atoms with van der Waals surface area (Å²) >= 11 is 0. The van der Waals surface area contributed by atoms with E-state index in [1.54, 1.807) is 30.7 Å². The summed E-state index contributed by atoms with van der Waals surface area (Å²) in [6.45, 7) is 5.26. The van der Waals surface area contributed by atoms with E-state index in [-0.39, 0.29) is 17.2 Å². The fourth-order valence-electron chi connectivity index (χ4n) is 4.29. The van der Waals surface area contributed by atoms with Crippen LogP contribution in [0, 0.1) is 12.7 Å². The SMILES string of the molecule is Cc1nnc(N[C@H](C)c2cccc(C(F)F)c2F)c2cn(C3CCN(C)CC3)c(=O)cc12. The number of hydrogen-bond acceptors (Lipinski definition) is 5. The zero-order chi connectivity index (χ0) is 23.0. The van der Waals surface area contributed by atoms with Crippen molar-refractivity contribution in [1.29, 1.82) is 0 Å². The number of rotatable bonds is 5. The Hall–Kier alpha value is -2.94. The van der Waals surface area contributed by atoms with Crippen molar-refractivity contribution in [3.8, 4) is 0 Å². The molecule has 0 amide bonds. The van der Waals surface area contributed by atoms with Crippen LogP contribution >= 0.6 is 0 Å². The van der Waals surface area contributed by atoms with Crippen molar-refractivity contribution < 1.29 is 13.2 Å². The minimum atomic E-state index is -2.90. The molecule has 9 heteroatoms. The maximum atomic E-state index is 14.6. The molecule has 1 fully saturated rings. The van der Waals surface area contributed by atoms with Gasteiger partial charge in [0, 0.05) is 34.6 Å². The van der Waals surface area contributed by atoms with E-state index in [0.717, 1.165) is 32.0 Å². The normalized spacial score (nSPS) is 16.6. The van der Waals surface area contributed by atoms with Gasteiger partial charge in [0.1, 0.15) is 5.82 Å². The Balaban J connectivity index is 1.73. The van der Waals surface area contributed by atoms with E-state index in [2.05, 4.69) is 27.5 Å². The summed E-state index contributed by atoms with van der Waals surface area (Å²) < 4.78 is 42.6. The maximum Gasteiger partial charge on any atom is 0.266 e. The molecule has 2 aromatic heterocycles. The maximum absolute atomic E-state index is 14.6. The Morgan fingerprint density at radius 1 is 1.12 bits per heavy atom. The first-order chi connectivity index (χ1) is 15.3. The highest BCUT2D eigenvalue weighted by Gasteiger charge is 2.23. The zero-order valence-electron chi connectivity index (χ0n) is 18.3. The van der Waals surface area contributed by atoms with Gasteiger partial charge in [0.05, 0.1) is 17.3 Å². The molecule has 3 aromatic rings. The second-order valence-corrected chi connectivity index (χ2v) is 8.43. The highest BCUT2D eigenvalue weighted by molar-refractivity contribution is 5.92. The lowest BCUT2D eigenvalue weighted by atomic mass is 10.0. The van der Waals surface area contributed by atoms with Crippen LogP contribution < -0.4 is 10.9 Å². The molecule has 0 bridgehead atoms. The number of aromatic nitrogens is 3. The van der Waals surface area contributed by atoms with Gasteiger partial charge in [-0.1, -0.05) is 18.2 Å². The van der Waals surface area contributed by atoms with Gasteiger partial charge in [0.15, 0.2) is 5.82 Å². The van der Waals surface area contributed by atoms with Crippen LogP contribution in [0.25, 0.3) is 10.8 Å². The third-order valence-corrected chi connectivity index (χ3v) is 6.22. The van der Waals surface area contributed by atoms with Gasteiger partial charge in [0.2, 0.25) is 0 Å². The molecule has 6 nitrogen and oxygen atoms in total. The summed E-state index contributed by atoms with van der Waals surface area (Å²) in [6.07, 6.45) is 0.621. The van der Waals surface area contributed by atoms with Gasteiger partial charge in [-0.25, -0.2) is 13.2 Å². The van der Waals surface area contributed by atoms with E-state index in [1.807, 2.05) is 0 Å². The van der Waals surface area contributed by atoms with Gasteiger partial charge in [-0.3, -0.25) is 4.79 Å². The Morgan fingerprint density at radius 2 is 1.81 bits per heavy atom. The van der Waals surface area contributed by atoms with Crippen molar-refractivity contribution in [3.05, 3.63) is 63.5 Å². The van der Waals surface area contributed by atoms with E-state index < -0.39 is 23.8 Å². The molecule has 0 unspecified atom stereocenters. The average Bonchev–Trinajstić information content (AvgIpc) is 2.76. The van der Waals surface area contributed by atoms with Gasteiger partial charge in [-0.2, -0.15) is 5.10 Å². The van der Waals surface area contributed by atoms with Crippen molar-refractivity contribution in [1.82, 2.24) is 19.7 Å². The molecule has 1 aliphatic rings. The van der Waals surface area contributed by atoms with Gasteiger partial charge >= 0.3 is 0 Å². The summed E-state index contributed by atoms with van der Waals surface area (Å²) in [6, 6.07) is 4.97. The fourth-order valence-corrected chi connectivity index (χ4v) is 4.29. The smallest absolute Gasteiger partial charge is 0.266 e. The van der Waals surface area contributed by atoms with Crippen molar-refractivity contribution in [2.45, 2.75) is 45.2 Å². The molecule has 32 heavy (non-hydrogen) atoms. The Kier molecular flexibility index (Phi) is 6.19. The van der Waals surface area contributed by atoms with Crippen LogP contribution in [-0.4, -0.2) is 39.8 Å². The summed E-state index contributed by atoms with van der Waals surface area (Å²) in [4.78, 5) is 15.1. The minimum absolute atomic E-state index is 0.0852. The molecule has 1 aromatic carbocycles. The van der Waals surface area contributed by atoms with Crippen molar-refractivity contribution in [2.75, 3.05) is 25.5 Å². The number of alkyl halides is 2. The number of piperidine rings is 1. The number of aryl methyl sites for hydroxylation is 1. The van der Waals surface area contributed by atoms with E-state index in [4.69, 9.17) is 0 Å². The Bertz CT molecular complexity index is 1190.